The van der Waals surface area contributed by atoms with Crippen LogP contribution >= 0.6 is 0 Å². The number of aromatic hydroxyl groups is 1. The zero-order valence-electron chi connectivity index (χ0n) is 8.96. The monoisotopic (exact) mass is 236 g/mol. The van der Waals surface area contributed by atoms with Gasteiger partial charge in [0.25, 0.3) is 0 Å². The molecule has 17 heavy (non-hydrogen) atoms. The van der Waals surface area contributed by atoms with Gasteiger partial charge in [-0.1, -0.05) is 0 Å². The summed E-state index contributed by atoms with van der Waals surface area (Å²) in [5.74, 6) is -0.505. The van der Waals surface area contributed by atoms with Crippen LogP contribution < -0.4 is 11.5 Å². The molecule has 7 nitrogen and oxygen atoms in total. The molecule has 0 amide bonds. The average molecular weight is 236 g/mol. The van der Waals surface area contributed by atoms with Gasteiger partial charge >= 0.3 is 5.69 Å². The van der Waals surface area contributed by atoms with Crippen LogP contribution in [0.3, 0.4) is 0 Å². The molecule has 0 heterocycles. The van der Waals surface area contributed by atoms with E-state index in [1.165, 1.54) is 6.07 Å². The van der Waals surface area contributed by atoms with Crippen molar-refractivity contribution in [2.75, 3.05) is 6.54 Å². The van der Waals surface area contributed by atoms with Crippen molar-refractivity contribution in [2.24, 2.45) is 11.5 Å². The molecule has 0 saturated heterocycles. The SMILES string of the molecule is N#Cc1cc([C@H](N)CCN)c(O)c([N+](=O)[O-])c1. The predicted octanol–water partition coefficient (Wildman–Crippen LogP) is 0.521. The lowest BCUT2D eigenvalue weighted by molar-refractivity contribution is -0.386. The minimum absolute atomic E-state index is 0.0805. The first-order valence-corrected chi connectivity index (χ1v) is 4.88. The molecule has 0 spiro atoms. The molecule has 0 unspecified atom stereocenters. The summed E-state index contributed by atoms with van der Waals surface area (Å²) in [6, 6.07) is 3.50. The summed E-state index contributed by atoms with van der Waals surface area (Å²) < 4.78 is 0. The Hall–Kier alpha value is -2.17. The molecule has 90 valence electrons. The average Bonchev–Trinajstić information content (AvgIpc) is 2.29. The van der Waals surface area contributed by atoms with Crippen molar-refractivity contribution >= 4 is 5.69 Å². The summed E-state index contributed by atoms with van der Waals surface area (Å²) in [6.07, 6.45) is 0.361. The van der Waals surface area contributed by atoms with Gasteiger partial charge in [0.1, 0.15) is 0 Å². The van der Waals surface area contributed by atoms with Crippen molar-refractivity contribution in [3.8, 4) is 11.8 Å². The first-order valence-electron chi connectivity index (χ1n) is 4.88. The lowest BCUT2D eigenvalue weighted by Gasteiger charge is -2.12. The minimum Gasteiger partial charge on any atom is -0.502 e. The van der Waals surface area contributed by atoms with Gasteiger partial charge in [0.2, 0.25) is 0 Å². The highest BCUT2D eigenvalue weighted by atomic mass is 16.6. The number of phenols is 1. The van der Waals surface area contributed by atoms with E-state index in [1.807, 2.05) is 0 Å². The summed E-state index contributed by atoms with van der Waals surface area (Å²) in [5.41, 5.74) is 10.8. The van der Waals surface area contributed by atoms with Crippen LogP contribution in [0, 0.1) is 21.4 Å². The standard InChI is InChI=1S/C10H12N4O3/c11-2-1-8(13)7-3-6(5-12)4-9(10(7)15)14(16)17/h3-4,8,15H,1-2,11,13H2/t8-/m1/s1. The van der Waals surface area contributed by atoms with Crippen LogP contribution in [0.2, 0.25) is 0 Å². The highest BCUT2D eigenvalue weighted by Gasteiger charge is 2.22. The molecule has 0 bridgehead atoms. The number of nitrogens with zero attached hydrogens (tertiary/aromatic N) is 2. The highest BCUT2D eigenvalue weighted by molar-refractivity contribution is 5.56. The minimum atomic E-state index is -0.755. The zero-order chi connectivity index (χ0) is 13.0. The molecule has 1 aromatic carbocycles. The van der Waals surface area contributed by atoms with Gasteiger partial charge in [-0.3, -0.25) is 10.1 Å². The molecule has 0 aliphatic heterocycles. The maximum Gasteiger partial charge on any atom is 0.312 e. The van der Waals surface area contributed by atoms with Crippen LogP contribution in [0.25, 0.3) is 0 Å². The lowest BCUT2D eigenvalue weighted by Crippen LogP contribution is -2.16. The second kappa shape index (κ2) is 5.25. The first kappa shape index (κ1) is 12.9. The Labute approximate surface area is 97.4 Å². The Balaban J connectivity index is 3.34. The van der Waals surface area contributed by atoms with Crippen molar-refractivity contribution in [3.05, 3.63) is 33.4 Å². The Morgan fingerprint density at radius 1 is 1.59 bits per heavy atom. The summed E-state index contributed by atoms with van der Waals surface area (Å²) in [6.45, 7) is 0.283. The van der Waals surface area contributed by atoms with Crippen LogP contribution in [-0.2, 0) is 0 Å². The van der Waals surface area contributed by atoms with Gasteiger partial charge in [-0.05, 0) is 19.0 Å². The summed E-state index contributed by atoms with van der Waals surface area (Å²) in [4.78, 5) is 9.94. The fourth-order valence-corrected chi connectivity index (χ4v) is 1.46. The summed E-state index contributed by atoms with van der Waals surface area (Å²) >= 11 is 0. The van der Waals surface area contributed by atoms with Gasteiger partial charge in [0.15, 0.2) is 5.75 Å². The zero-order valence-corrected chi connectivity index (χ0v) is 8.96. The van der Waals surface area contributed by atoms with Crippen LogP contribution in [0.4, 0.5) is 5.69 Å². The van der Waals surface area contributed by atoms with E-state index in [0.717, 1.165) is 6.07 Å². The number of hydrogen-bond donors (Lipinski definition) is 3. The number of nitriles is 1. The van der Waals surface area contributed by atoms with E-state index >= 15 is 0 Å². The summed E-state index contributed by atoms with van der Waals surface area (Å²) in [7, 11) is 0. The molecular weight excluding hydrogens is 224 g/mol. The summed E-state index contributed by atoms with van der Waals surface area (Å²) in [5, 5.41) is 29.1. The normalized spacial score (nSPS) is 11.8. The van der Waals surface area contributed by atoms with Gasteiger partial charge in [-0.15, -0.1) is 0 Å². The fraction of sp³-hybridized carbons (Fsp3) is 0.300. The molecule has 1 aromatic rings. The molecule has 0 aromatic heterocycles. The Bertz CT molecular complexity index is 481. The fourth-order valence-electron chi connectivity index (χ4n) is 1.46. The third kappa shape index (κ3) is 2.69. The largest absolute Gasteiger partial charge is 0.502 e. The molecule has 0 saturated carbocycles. The molecule has 0 aliphatic carbocycles. The predicted molar refractivity (Wildman–Crippen MR) is 60.1 cm³/mol. The Morgan fingerprint density at radius 3 is 2.71 bits per heavy atom. The maximum atomic E-state index is 10.7. The van der Waals surface area contributed by atoms with Crippen molar-refractivity contribution < 1.29 is 10.0 Å². The topological polar surface area (TPSA) is 139 Å². The van der Waals surface area contributed by atoms with E-state index in [9.17, 15) is 15.2 Å². The first-order chi connectivity index (χ1) is 8.01. The van der Waals surface area contributed by atoms with Gasteiger partial charge in [0, 0.05) is 17.7 Å². The number of benzene rings is 1. The Morgan fingerprint density at radius 2 is 2.24 bits per heavy atom. The molecular formula is C10H12N4O3. The second-order valence-electron chi connectivity index (χ2n) is 3.49. The number of hydrogen-bond acceptors (Lipinski definition) is 6. The molecule has 0 aliphatic rings. The molecule has 0 radical (unpaired) electrons. The Kier molecular flexibility index (Phi) is 3.98. The molecule has 0 fully saturated rings. The number of nitro groups is 1. The lowest BCUT2D eigenvalue weighted by atomic mass is 10.00. The maximum absolute atomic E-state index is 10.7. The van der Waals surface area contributed by atoms with Gasteiger partial charge in [-0.2, -0.15) is 5.26 Å². The van der Waals surface area contributed by atoms with Crippen LogP contribution in [-0.4, -0.2) is 16.6 Å². The van der Waals surface area contributed by atoms with Crippen molar-refractivity contribution in [3.63, 3.8) is 0 Å². The third-order valence-electron chi connectivity index (χ3n) is 2.32. The highest BCUT2D eigenvalue weighted by Crippen LogP contribution is 2.34. The molecule has 7 heteroatoms. The number of phenolic OH excluding ortho intramolecular Hbond substituents is 1. The van der Waals surface area contributed by atoms with E-state index in [0.29, 0.717) is 6.42 Å². The van der Waals surface area contributed by atoms with Crippen molar-refractivity contribution in [1.82, 2.24) is 0 Å². The molecule has 1 atom stereocenters. The van der Waals surface area contributed by atoms with E-state index in [4.69, 9.17) is 16.7 Å². The van der Waals surface area contributed by atoms with Crippen molar-refractivity contribution in [1.29, 1.82) is 5.26 Å². The van der Waals surface area contributed by atoms with Crippen LogP contribution in [0.15, 0.2) is 12.1 Å². The number of nitro benzene ring substituents is 1. The van der Waals surface area contributed by atoms with Crippen molar-refractivity contribution in [2.45, 2.75) is 12.5 Å². The van der Waals surface area contributed by atoms with Gasteiger partial charge < -0.3 is 16.6 Å². The third-order valence-corrected chi connectivity index (χ3v) is 2.32. The number of rotatable bonds is 4. The van der Waals surface area contributed by atoms with Crippen LogP contribution in [0.1, 0.15) is 23.6 Å². The van der Waals surface area contributed by atoms with Gasteiger partial charge in [-0.25, -0.2) is 0 Å². The van der Waals surface area contributed by atoms with E-state index in [-0.39, 0.29) is 17.7 Å². The van der Waals surface area contributed by atoms with E-state index < -0.39 is 22.4 Å². The van der Waals surface area contributed by atoms with Gasteiger partial charge in [0.05, 0.1) is 16.6 Å². The second-order valence-corrected chi connectivity index (χ2v) is 3.49. The van der Waals surface area contributed by atoms with E-state index in [1.54, 1.807) is 6.07 Å². The van der Waals surface area contributed by atoms with Crippen LogP contribution in [0.5, 0.6) is 5.75 Å². The molecule has 5 N–H and O–H groups in total. The quantitative estimate of drug-likeness (QED) is 0.514. The van der Waals surface area contributed by atoms with E-state index in [2.05, 4.69) is 0 Å². The smallest absolute Gasteiger partial charge is 0.312 e. The number of nitrogens with two attached hydrogens (primary N) is 2. The molecule has 1 rings (SSSR count).